The summed E-state index contributed by atoms with van der Waals surface area (Å²) in [5, 5.41) is 9.51. The van der Waals surface area contributed by atoms with E-state index in [1.807, 2.05) is 36.2 Å². The summed E-state index contributed by atoms with van der Waals surface area (Å²) in [6, 6.07) is 10.8. The van der Waals surface area contributed by atoms with Gasteiger partial charge in [0.15, 0.2) is 0 Å². The van der Waals surface area contributed by atoms with Crippen LogP contribution in [-0.2, 0) is 18.4 Å². The molecule has 1 unspecified atom stereocenters. The van der Waals surface area contributed by atoms with Crippen molar-refractivity contribution in [3.8, 4) is 5.75 Å². The molecule has 1 saturated heterocycles. The minimum atomic E-state index is -0.242. The average Bonchev–Trinajstić information content (AvgIpc) is 3.29. The Morgan fingerprint density at radius 2 is 2.07 bits per heavy atom. The topological polar surface area (TPSA) is 80.4 Å². The molecule has 1 aromatic carbocycles. The molecule has 7 nitrogen and oxygen atoms in total. The highest BCUT2D eigenvalue weighted by Gasteiger charge is 2.32. The Bertz CT molecular complexity index is 1110. The van der Waals surface area contributed by atoms with Crippen molar-refractivity contribution in [1.29, 1.82) is 0 Å². The van der Waals surface area contributed by atoms with Gasteiger partial charge < -0.3 is 19.1 Å². The molecule has 7 heteroatoms. The third-order valence-corrected chi connectivity index (χ3v) is 5.79. The summed E-state index contributed by atoms with van der Waals surface area (Å²) in [5.41, 5.74) is 2.48. The molecule has 1 N–H and O–H groups in total. The molecule has 3 aromatic rings. The third-order valence-electron chi connectivity index (χ3n) is 5.79. The summed E-state index contributed by atoms with van der Waals surface area (Å²) in [6.07, 6.45) is 2.85. The van der Waals surface area contributed by atoms with E-state index < -0.39 is 0 Å². The van der Waals surface area contributed by atoms with Crippen LogP contribution in [0.15, 0.2) is 41.2 Å². The van der Waals surface area contributed by atoms with Crippen molar-refractivity contribution in [2.24, 2.45) is 7.05 Å². The Morgan fingerprint density at radius 3 is 2.83 bits per heavy atom. The number of fused-ring (bicyclic) bond motifs is 1. The van der Waals surface area contributed by atoms with Gasteiger partial charge in [0.2, 0.25) is 5.91 Å². The summed E-state index contributed by atoms with van der Waals surface area (Å²) >= 11 is 0. The Kier molecular flexibility index (Phi) is 5.13. The highest BCUT2D eigenvalue weighted by molar-refractivity contribution is 5.78. The first-order valence-electron chi connectivity index (χ1n) is 10.1. The van der Waals surface area contributed by atoms with Crippen LogP contribution in [0.2, 0.25) is 0 Å². The van der Waals surface area contributed by atoms with Gasteiger partial charge in [0.25, 0.3) is 5.56 Å². The predicted molar refractivity (Wildman–Crippen MR) is 111 cm³/mol. The lowest BCUT2D eigenvalue weighted by atomic mass is 10.2. The zero-order valence-corrected chi connectivity index (χ0v) is 16.8. The lowest BCUT2D eigenvalue weighted by Gasteiger charge is -2.24. The summed E-state index contributed by atoms with van der Waals surface area (Å²) in [5.74, 6) is 1.01. The molecule has 0 bridgehead atoms. The van der Waals surface area contributed by atoms with E-state index in [9.17, 15) is 14.7 Å². The molecule has 0 saturated carbocycles. The molecule has 0 spiro atoms. The average molecular weight is 394 g/mol. The third kappa shape index (κ3) is 3.64. The van der Waals surface area contributed by atoms with Crippen molar-refractivity contribution in [3.63, 3.8) is 0 Å². The molecule has 4 rings (SSSR count). The van der Waals surface area contributed by atoms with Crippen molar-refractivity contribution < 1.29 is 9.90 Å². The number of carbonyl (C=O) groups is 1. The fourth-order valence-electron chi connectivity index (χ4n) is 4.33. The van der Waals surface area contributed by atoms with Gasteiger partial charge in [-0.15, -0.1) is 0 Å². The van der Waals surface area contributed by atoms with E-state index in [1.165, 1.54) is 6.07 Å². The molecule has 1 aliphatic rings. The first-order chi connectivity index (χ1) is 14.0. The molecule has 0 radical (unpaired) electrons. The summed E-state index contributed by atoms with van der Waals surface area (Å²) in [4.78, 5) is 31.7. The molecule has 1 atom stereocenters. The van der Waals surface area contributed by atoms with Crippen LogP contribution < -0.4 is 5.56 Å². The van der Waals surface area contributed by atoms with Crippen LogP contribution in [0.3, 0.4) is 0 Å². The maximum absolute atomic E-state index is 12.9. The predicted octanol–water partition coefficient (Wildman–Crippen LogP) is 2.89. The molecule has 0 aliphatic carbocycles. The van der Waals surface area contributed by atoms with Crippen molar-refractivity contribution in [2.45, 2.75) is 45.2 Å². The number of aromatic hydroxyl groups is 1. The van der Waals surface area contributed by atoms with Crippen LogP contribution in [0.5, 0.6) is 5.75 Å². The van der Waals surface area contributed by atoms with Gasteiger partial charge in [-0.1, -0.05) is 12.1 Å². The van der Waals surface area contributed by atoms with E-state index in [0.717, 1.165) is 36.2 Å². The number of hydrogen-bond donors (Lipinski definition) is 1. The van der Waals surface area contributed by atoms with Crippen LogP contribution in [-0.4, -0.2) is 36.6 Å². The lowest BCUT2D eigenvalue weighted by Crippen LogP contribution is -2.32. The maximum atomic E-state index is 12.9. The van der Waals surface area contributed by atoms with Crippen LogP contribution in [0.1, 0.15) is 43.2 Å². The monoisotopic (exact) mass is 394 g/mol. The number of aryl methyl sites for hydroxylation is 2. The number of nitrogens with zero attached hydrogens (tertiary/aromatic N) is 4. The smallest absolute Gasteiger partial charge is 0.254 e. The fraction of sp³-hybridized carbons (Fsp3) is 0.409. The minimum Gasteiger partial charge on any atom is -0.508 e. The highest BCUT2D eigenvalue weighted by atomic mass is 16.3. The molecule has 3 heterocycles. The van der Waals surface area contributed by atoms with E-state index in [4.69, 9.17) is 4.98 Å². The van der Waals surface area contributed by atoms with Gasteiger partial charge in [-0.25, -0.2) is 4.98 Å². The standard InChI is InChI=1S/C22H26N4O3/c1-15-13-16(27)14-21(29)25(15)11-6-10-20(28)26-12-5-9-19(26)22-23-17-7-3-4-8-18(17)24(22)2/h3-4,7-8,13-14,19,27H,5-6,9-12H2,1-2H3. The van der Waals surface area contributed by atoms with E-state index in [1.54, 1.807) is 17.6 Å². The second-order valence-corrected chi connectivity index (χ2v) is 7.71. The Hall–Kier alpha value is -3.09. The number of hydrogen-bond acceptors (Lipinski definition) is 4. The number of pyridine rings is 1. The molecule has 2 aromatic heterocycles. The summed E-state index contributed by atoms with van der Waals surface area (Å²) in [6.45, 7) is 2.98. The molecule has 1 aliphatic heterocycles. The number of benzene rings is 1. The number of carbonyl (C=O) groups excluding carboxylic acids is 1. The van der Waals surface area contributed by atoms with Crippen molar-refractivity contribution in [2.75, 3.05) is 6.54 Å². The van der Waals surface area contributed by atoms with Crippen LogP contribution in [0.4, 0.5) is 0 Å². The second kappa shape index (κ2) is 7.73. The molecule has 152 valence electrons. The number of likely N-dealkylation sites (tertiary alicyclic amines) is 1. The van der Waals surface area contributed by atoms with Gasteiger partial charge in [-0.05, 0) is 44.4 Å². The maximum Gasteiger partial charge on any atom is 0.254 e. The van der Waals surface area contributed by atoms with Gasteiger partial charge in [-0.2, -0.15) is 0 Å². The molecular weight excluding hydrogens is 368 g/mol. The quantitative estimate of drug-likeness (QED) is 0.722. The van der Waals surface area contributed by atoms with Crippen molar-refractivity contribution in [3.05, 3.63) is 58.3 Å². The Labute approximate surface area is 169 Å². The Balaban J connectivity index is 1.46. The fourth-order valence-corrected chi connectivity index (χ4v) is 4.33. The summed E-state index contributed by atoms with van der Waals surface area (Å²) in [7, 11) is 2.01. The zero-order chi connectivity index (χ0) is 20.5. The molecule has 1 fully saturated rings. The minimum absolute atomic E-state index is 0.00182. The number of rotatable bonds is 5. The van der Waals surface area contributed by atoms with Crippen LogP contribution in [0, 0.1) is 6.92 Å². The first-order valence-corrected chi connectivity index (χ1v) is 10.1. The van der Waals surface area contributed by atoms with E-state index in [-0.39, 0.29) is 23.3 Å². The number of amides is 1. The van der Waals surface area contributed by atoms with E-state index >= 15 is 0 Å². The normalized spacial score (nSPS) is 16.6. The van der Waals surface area contributed by atoms with Gasteiger partial charge >= 0.3 is 0 Å². The first kappa shape index (κ1) is 19.2. The molecule has 1 amide bonds. The largest absolute Gasteiger partial charge is 0.508 e. The zero-order valence-electron chi connectivity index (χ0n) is 16.8. The highest BCUT2D eigenvalue weighted by Crippen LogP contribution is 2.33. The van der Waals surface area contributed by atoms with E-state index in [0.29, 0.717) is 25.1 Å². The SMILES string of the molecule is Cc1cc(O)cc(=O)n1CCCC(=O)N1CCCC1c1nc2ccccc2n1C. The number of imidazole rings is 1. The van der Waals surface area contributed by atoms with Crippen LogP contribution in [0.25, 0.3) is 11.0 Å². The van der Waals surface area contributed by atoms with Crippen molar-refractivity contribution >= 4 is 16.9 Å². The van der Waals surface area contributed by atoms with Gasteiger partial charge in [0, 0.05) is 38.3 Å². The second-order valence-electron chi connectivity index (χ2n) is 7.71. The summed E-state index contributed by atoms with van der Waals surface area (Å²) < 4.78 is 3.69. The number of para-hydroxylation sites is 2. The molecular formula is C22H26N4O3. The van der Waals surface area contributed by atoms with E-state index in [2.05, 4.69) is 4.57 Å². The van der Waals surface area contributed by atoms with Crippen molar-refractivity contribution in [1.82, 2.24) is 19.0 Å². The Morgan fingerprint density at radius 1 is 1.28 bits per heavy atom. The molecule has 29 heavy (non-hydrogen) atoms. The lowest BCUT2D eigenvalue weighted by molar-refractivity contribution is -0.132. The van der Waals surface area contributed by atoms with Gasteiger partial charge in [-0.3, -0.25) is 9.59 Å². The van der Waals surface area contributed by atoms with Gasteiger partial charge in [0.05, 0.1) is 17.1 Å². The number of aromatic nitrogens is 3. The van der Waals surface area contributed by atoms with Crippen LogP contribution >= 0.6 is 0 Å². The van der Waals surface area contributed by atoms with Gasteiger partial charge in [0.1, 0.15) is 11.6 Å².